The summed E-state index contributed by atoms with van der Waals surface area (Å²) in [6, 6.07) is 9.59. The summed E-state index contributed by atoms with van der Waals surface area (Å²) >= 11 is 0. The van der Waals surface area contributed by atoms with E-state index in [1.807, 2.05) is 30.3 Å². The van der Waals surface area contributed by atoms with Crippen LogP contribution in [0.2, 0.25) is 0 Å². The molecule has 1 N–H and O–H groups in total. The van der Waals surface area contributed by atoms with Crippen molar-refractivity contribution in [3.8, 4) is 0 Å². The maximum absolute atomic E-state index is 10.7. The number of aliphatic hydroxyl groups is 1. The third kappa shape index (κ3) is 12.1. The van der Waals surface area contributed by atoms with Gasteiger partial charge in [0, 0.05) is 6.08 Å². The minimum Gasteiger partial charge on any atom is -0.466 e. The van der Waals surface area contributed by atoms with E-state index in [2.05, 4.69) is 31.2 Å². The Bertz CT molecular complexity index is 521. The first-order valence-corrected chi connectivity index (χ1v) is 7.61. The summed E-state index contributed by atoms with van der Waals surface area (Å²) in [6.45, 7) is 9.45. The first kappa shape index (κ1) is 20.9. The van der Waals surface area contributed by atoms with Crippen molar-refractivity contribution < 1.29 is 14.6 Å². The van der Waals surface area contributed by atoms with Crippen molar-refractivity contribution in [2.75, 3.05) is 7.11 Å². The number of hydrogen-bond acceptors (Lipinski definition) is 3. The molecule has 126 valence electrons. The van der Waals surface area contributed by atoms with Gasteiger partial charge < -0.3 is 9.84 Å². The van der Waals surface area contributed by atoms with Gasteiger partial charge in [-0.25, -0.2) is 4.79 Å². The van der Waals surface area contributed by atoms with E-state index >= 15 is 0 Å². The molecule has 0 amide bonds. The maximum Gasteiger partial charge on any atom is 0.330 e. The maximum atomic E-state index is 10.7. The summed E-state index contributed by atoms with van der Waals surface area (Å²) in [4.78, 5) is 10.7. The van der Waals surface area contributed by atoms with Gasteiger partial charge in [0.05, 0.1) is 12.7 Å². The van der Waals surface area contributed by atoms with Crippen molar-refractivity contribution in [3.63, 3.8) is 0 Å². The Morgan fingerprint density at radius 1 is 1.30 bits per heavy atom. The fourth-order valence-electron chi connectivity index (χ4n) is 1.55. The molecule has 1 aromatic carbocycles. The highest BCUT2D eigenvalue weighted by atomic mass is 16.5. The van der Waals surface area contributed by atoms with E-state index < -0.39 is 5.60 Å². The summed E-state index contributed by atoms with van der Waals surface area (Å²) in [6.07, 6.45) is 8.49. The highest BCUT2D eigenvalue weighted by molar-refractivity contribution is 5.86. The van der Waals surface area contributed by atoms with Crippen molar-refractivity contribution in [2.45, 2.75) is 39.2 Å². The molecule has 0 heterocycles. The normalized spacial score (nSPS) is 12.6. The summed E-state index contributed by atoms with van der Waals surface area (Å²) in [5.74, 6) is -0.334. The number of rotatable bonds is 6. The Labute approximate surface area is 140 Å². The fraction of sp³-hybridized carbons (Fsp3) is 0.350. The molecule has 1 aromatic rings. The van der Waals surface area contributed by atoms with Crippen molar-refractivity contribution in [3.05, 3.63) is 66.3 Å². The van der Waals surface area contributed by atoms with Gasteiger partial charge in [-0.3, -0.25) is 0 Å². The highest BCUT2D eigenvalue weighted by Gasteiger charge is 2.12. The predicted molar refractivity (Wildman–Crippen MR) is 97.0 cm³/mol. The molecular weight excluding hydrogens is 288 g/mol. The molecule has 3 heteroatoms. The Kier molecular flexibility index (Phi) is 10.4. The molecule has 0 saturated heterocycles. The fourth-order valence-corrected chi connectivity index (χ4v) is 1.55. The van der Waals surface area contributed by atoms with Gasteiger partial charge in [-0.2, -0.15) is 0 Å². The van der Waals surface area contributed by atoms with Crippen molar-refractivity contribution in [1.82, 2.24) is 0 Å². The van der Waals surface area contributed by atoms with Crippen molar-refractivity contribution in [1.29, 1.82) is 0 Å². The molecule has 1 atom stereocenters. The third-order valence-electron chi connectivity index (χ3n) is 3.06. The van der Waals surface area contributed by atoms with E-state index in [1.165, 1.54) is 18.8 Å². The van der Waals surface area contributed by atoms with Crippen LogP contribution in [-0.4, -0.2) is 23.8 Å². The van der Waals surface area contributed by atoms with E-state index in [0.29, 0.717) is 0 Å². The monoisotopic (exact) mass is 316 g/mol. The number of carbonyl (C=O) groups is 1. The number of benzene rings is 1. The molecule has 0 aliphatic rings. The highest BCUT2D eigenvalue weighted by Crippen LogP contribution is 2.13. The van der Waals surface area contributed by atoms with Gasteiger partial charge in [0.25, 0.3) is 0 Å². The molecule has 1 unspecified atom stereocenters. The topological polar surface area (TPSA) is 46.5 Å². The van der Waals surface area contributed by atoms with Crippen LogP contribution in [0.15, 0.2) is 60.7 Å². The van der Waals surface area contributed by atoms with Gasteiger partial charge in [0.2, 0.25) is 0 Å². The summed E-state index contributed by atoms with van der Waals surface area (Å²) in [5.41, 5.74) is 1.58. The minimum absolute atomic E-state index is 0.334. The van der Waals surface area contributed by atoms with Crippen molar-refractivity contribution in [2.24, 2.45) is 0 Å². The summed E-state index contributed by atoms with van der Waals surface area (Å²) in [5, 5.41) is 9.49. The smallest absolute Gasteiger partial charge is 0.330 e. The molecule has 0 spiro atoms. The zero-order chi connectivity index (χ0) is 17.7. The molecule has 23 heavy (non-hydrogen) atoms. The second kappa shape index (κ2) is 11.4. The number of carbonyl (C=O) groups excluding carboxylic acids is 1. The molecule has 3 nitrogen and oxygen atoms in total. The summed E-state index contributed by atoms with van der Waals surface area (Å²) < 4.78 is 4.45. The molecule has 0 saturated carbocycles. The van der Waals surface area contributed by atoms with Gasteiger partial charge in [-0.1, -0.05) is 48.1 Å². The molecule has 0 fully saturated rings. The lowest BCUT2D eigenvalue weighted by Crippen LogP contribution is -2.19. The van der Waals surface area contributed by atoms with Gasteiger partial charge in [-0.15, -0.1) is 6.58 Å². The van der Waals surface area contributed by atoms with E-state index in [0.717, 1.165) is 18.4 Å². The molecule has 0 bridgehead atoms. The molecule has 1 rings (SSSR count). The SMILES string of the molecule is C=CC(C)(O)CCC=C(C)C.COC(=O)/C=C/c1ccccc1. The van der Waals surface area contributed by atoms with E-state index in [-0.39, 0.29) is 5.97 Å². The first-order valence-electron chi connectivity index (χ1n) is 7.61. The van der Waals surface area contributed by atoms with Crippen LogP contribution in [-0.2, 0) is 9.53 Å². The quantitative estimate of drug-likeness (QED) is 0.476. The van der Waals surface area contributed by atoms with Crippen LogP contribution in [0.25, 0.3) is 6.08 Å². The minimum atomic E-state index is -0.702. The lowest BCUT2D eigenvalue weighted by atomic mass is 10.00. The van der Waals surface area contributed by atoms with Gasteiger partial charge in [0.1, 0.15) is 0 Å². The number of ether oxygens (including phenoxy) is 1. The van der Waals surface area contributed by atoms with Crippen LogP contribution < -0.4 is 0 Å². The Hall–Kier alpha value is -2.13. The van der Waals surface area contributed by atoms with E-state index in [1.54, 1.807) is 19.1 Å². The second-order valence-corrected chi connectivity index (χ2v) is 5.65. The molecule has 0 aliphatic carbocycles. The van der Waals surface area contributed by atoms with E-state index in [9.17, 15) is 9.90 Å². The average Bonchev–Trinajstić information content (AvgIpc) is 2.53. The zero-order valence-corrected chi connectivity index (χ0v) is 14.6. The van der Waals surface area contributed by atoms with Crippen LogP contribution in [0.1, 0.15) is 39.2 Å². The van der Waals surface area contributed by atoms with Gasteiger partial charge in [-0.05, 0) is 45.3 Å². The lowest BCUT2D eigenvalue weighted by molar-refractivity contribution is -0.134. The second-order valence-electron chi connectivity index (χ2n) is 5.65. The third-order valence-corrected chi connectivity index (χ3v) is 3.06. The lowest BCUT2D eigenvalue weighted by Gasteiger charge is -2.16. The van der Waals surface area contributed by atoms with E-state index in [4.69, 9.17) is 0 Å². The number of methoxy groups -OCH3 is 1. The molecule has 0 aliphatic heterocycles. The summed E-state index contributed by atoms with van der Waals surface area (Å²) in [7, 11) is 1.36. The zero-order valence-electron chi connectivity index (χ0n) is 14.6. The number of esters is 1. The van der Waals surface area contributed by atoms with Crippen LogP contribution in [0.5, 0.6) is 0 Å². The largest absolute Gasteiger partial charge is 0.466 e. The first-order chi connectivity index (χ1) is 10.8. The predicted octanol–water partition coefficient (Wildman–Crippen LogP) is 4.54. The van der Waals surface area contributed by atoms with Gasteiger partial charge in [0.15, 0.2) is 0 Å². The number of allylic oxidation sites excluding steroid dienone is 2. The molecular formula is C20H28O3. The Balaban J connectivity index is 0.000000423. The standard InChI is InChI=1S/C10H10O2.C10H18O/c1-12-10(11)8-7-9-5-3-2-4-6-9;1-5-10(4,11)8-6-7-9(2)3/h2-8H,1H3;5,7,11H,1,6,8H2,2-4H3/b8-7+;. The Morgan fingerprint density at radius 3 is 2.39 bits per heavy atom. The molecule has 0 radical (unpaired) electrons. The molecule has 0 aromatic heterocycles. The van der Waals surface area contributed by atoms with Crippen LogP contribution in [0, 0.1) is 0 Å². The number of hydrogen-bond donors (Lipinski definition) is 1. The Morgan fingerprint density at radius 2 is 1.91 bits per heavy atom. The average molecular weight is 316 g/mol. The van der Waals surface area contributed by atoms with Crippen LogP contribution >= 0.6 is 0 Å². The van der Waals surface area contributed by atoms with Crippen LogP contribution in [0.4, 0.5) is 0 Å². The van der Waals surface area contributed by atoms with Gasteiger partial charge >= 0.3 is 5.97 Å². The van der Waals surface area contributed by atoms with Crippen molar-refractivity contribution >= 4 is 12.0 Å². The van der Waals surface area contributed by atoms with Crippen LogP contribution in [0.3, 0.4) is 0 Å².